The molecule has 0 amide bonds. The lowest BCUT2D eigenvalue weighted by Gasteiger charge is -2.45. The standard InChI is InChI=1S/C48H41NO11/c1-31(55-44(50)33-16-7-3-8-17-33)39-40(56-45(51)34-18-9-4-10-19-34)41(57-46(52)35-20-11-5-12-21-35)42(58-47(53)36-22-13-6-14-23-36)48(59-39)60-43-37(24-15-29-49-43)30-32-25-27-38(54-2)28-26-32/h3-29,31,39-42,48H,30H2,1-2H3/t31-,39-,40-,41+,42-,48+/m1/s1. The van der Waals surface area contributed by atoms with Crippen LogP contribution in [0.2, 0.25) is 0 Å². The second kappa shape index (κ2) is 19.4. The summed E-state index contributed by atoms with van der Waals surface area (Å²) in [5, 5.41) is 0. The van der Waals surface area contributed by atoms with Crippen molar-refractivity contribution in [1.29, 1.82) is 0 Å². The van der Waals surface area contributed by atoms with Gasteiger partial charge < -0.3 is 33.2 Å². The van der Waals surface area contributed by atoms with Crippen LogP contribution < -0.4 is 9.47 Å². The zero-order chi connectivity index (χ0) is 41.8. The van der Waals surface area contributed by atoms with Crippen molar-refractivity contribution in [3.8, 4) is 11.6 Å². The first-order valence-electron chi connectivity index (χ1n) is 19.2. The Morgan fingerprint density at radius 2 is 1.03 bits per heavy atom. The minimum absolute atomic E-state index is 0.111. The molecule has 0 aliphatic carbocycles. The summed E-state index contributed by atoms with van der Waals surface area (Å²) in [4.78, 5) is 59.9. The number of esters is 4. The van der Waals surface area contributed by atoms with Crippen molar-refractivity contribution in [3.63, 3.8) is 0 Å². The highest BCUT2D eigenvalue weighted by atomic mass is 16.7. The van der Waals surface area contributed by atoms with Gasteiger partial charge >= 0.3 is 23.9 Å². The van der Waals surface area contributed by atoms with E-state index in [-0.39, 0.29) is 28.1 Å². The molecule has 0 radical (unpaired) electrons. The molecular formula is C48H41NO11. The molecule has 304 valence electrons. The van der Waals surface area contributed by atoms with E-state index in [0.29, 0.717) is 17.7 Å². The van der Waals surface area contributed by atoms with Gasteiger partial charge in [-0.25, -0.2) is 24.2 Å². The second-order valence-corrected chi connectivity index (χ2v) is 13.8. The number of hydrogen-bond acceptors (Lipinski definition) is 12. The summed E-state index contributed by atoms with van der Waals surface area (Å²) in [5.74, 6) is -2.34. The summed E-state index contributed by atoms with van der Waals surface area (Å²) in [6.07, 6.45) is -6.97. The van der Waals surface area contributed by atoms with E-state index in [9.17, 15) is 19.2 Å². The van der Waals surface area contributed by atoms with E-state index in [1.807, 2.05) is 30.3 Å². The SMILES string of the molecule is COc1ccc(Cc2cccnc2O[C@@H]2O[C@H]([C@@H](C)OC(=O)c3ccccc3)[C@@H](OC(=O)c3ccccc3)[C@H](OC(=O)c3ccccc3)[C@H]2OC(=O)c2ccccc2)cc1. The molecule has 5 aromatic carbocycles. The van der Waals surface area contributed by atoms with Crippen LogP contribution in [0, 0.1) is 0 Å². The van der Waals surface area contributed by atoms with Gasteiger partial charge in [0.25, 0.3) is 0 Å². The molecule has 0 unspecified atom stereocenters. The van der Waals surface area contributed by atoms with E-state index >= 15 is 0 Å². The summed E-state index contributed by atoms with van der Waals surface area (Å²) in [7, 11) is 1.58. The fourth-order valence-corrected chi connectivity index (χ4v) is 6.62. The molecule has 6 aromatic rings. The molecule has 12 nitrogen and oxygen atoms in total. The van der Waals surface area contributed by atoms with Crippen LogP contribution in [-0.2, 0) is 30.1 Å². The maximum atomic E-state index is 14.0. The average Bonchev–Trinajstić information content (AvgIpc) is 3.29. The first-order valence-corrected chi connectivity index (χ1v) is 19.2. The number of carbonyl (C=O) groups excluding carboxylic acids is 4. The zero-order valence-corrected chi connectivity index (χ0v) is 32.7. The molecule has 0 spiro atoms. The Morgan fingerprint density at radius 1 is 0.567 bits per heavy atom. The minimum atomic E-state index is -1.60. The number of pyridine rings is 1. The Hall–Kier alpha value is -7.31. The van der Waals surface area contributed by atoms with Crippen molar-refractivity contribution < 1.29 is 52.3 Å². The van der Waals surface area contributed by atoms with Crippen molar-refractivity contribution in [2.45, 2.75) is 50.2 Å². The van der Waals surface area contributed by atoms with Crippen molar-refractivity contribution in [2.24, 2.45) is 0 Å². The molecule has 0 N–H and O–H groups in total. The molecule has 1 aliphatic heterocycles. The number of carbonyl (C=O) groups is 4. The smallest absolute Gasteiger partial charge is 0.338 e. The van der Waals surface area contributed by atoms with Gasteiger partial charge in [0.15, 0.2) is 12.2 Å². The molecule has 0 saturated carbocycles. The lowest BCUT2D eigenvalue weighted by molar-refractivity contribution is -0.284. The molecule has 1 aliphatic rings. The van der Waals surface area contributed by atoms with Crippen LogP contribution >= 0.6 is 0 Å². The first kappa shape index (κ1) is 40.9. The van der Waals surface area contributed by atoms with Gasteiger partial charge in [0.2, 0.25) is 18.3 Å². The van der Waals surface area contributed by atoms with Crippen molar-refractivity contribution in [2.75, 3.05) is 7.11 Å². The van der Waals surface area contributed by atoms with Crippen LogP contribution in [0.1, 0.15) is 59.5 Å². The third-order valence-electron chi connectivity index (χ3n) is 9.69. The number of rotatable bonds is 14. The summed E-state index contributed by atoms with van der Waals surface area (Å²) in [6, 6.07) is 43.8. The number of hydrogen-bond donors (Lipinski definition) is 0. The summed E-state index contributed by atoms with van der Waals surface area (Å²) in [5.41, 5.74) is 2.30. The molecule has 6 atom stereocenters. The minimum Gasteiger partial charge on any atom is -0.497 e. The number of nitrogens with zero attached hydrogens (tertiary/aromatic N) is 1. The second-order valence-electron chi connectivity index (χ2n) is 13.8. The lowest BCUT2D eigenvalue weighted by atomic mass is 9.94. The average molecular weight is 808 g/mol. The maximum Gasteiger partial charge on any atom is 0.338 e. The Morgan fingerprint density at radius 3 is 1.53 bits per heavy atom. The maximum absolute atomic E-state index is 14.0. The van der Waals surface area contributed by atoms with Crippen molar-refractivity contribution in [3.05, 3.63) is 197 Å². The van der Waals surface area contributed by atoms with Crippen molar-refractivity contribution >= 4 is 23.9 Å². The van der Waals surface area contributed by atoms with Gasteiger partial charge in [-0.05, 0) is 79.2 Å². The third-order valence-corrected chi connectivity index (χ3v) is 9.69. The van der Waals surface area contributed by atoms with Crippen LogP contribution in [0.5, 0.6) is 11.6 Å². The molecule has 1 fully saturated rings. The summed E-state index contributed by atoms with van der Waals surface area (Å²) >= 11 is 0. The predicted octanol–water partition coefficient (Wildman–Crippen LogP) is 7.71. The first-order chi connectivity index (χ1) is 29.3. The number of ether oxygens (including phenoxy) is 7. The highest BCUT2D eigenvalue weighted by Gasteiger charge is 2.56. The Kier molecular flexibility index (Phi) is 13.2. The van der Waals surface area contributed by atoms with Gasteiger partial charge in [0.1, 0.15) is 18.0 Å². The van der Waals surface area contributed by atoms with E-state index in [1.165, 1.54) is 6.20 Å². The molecule has 7 rings (SSSR count). The van der Waals surface area contributed by atoms with E-state index in [2.05, 4.69) is 4.98 Å². The van der Waals surface area contributed by atoms with Gasteiger partial charge in [0, 0.05) is 18.2 Å². The van der Waals surface area contributed by atoms with Crippen molar-refractivity contribution in [1.82, 2.24) is 4.98 Å². The molecule has 12 heteroatoms. The lowest BCUT2D eigenvalue weighted by Crippen LogP contribution is -2.65. The van der Waals surface area contributed by atoms with E-state index in [0.717, 1.165) is 5.56 Å². The number of benzene rings is 5. The fraction of sp³-hybridized carbons (Fsp3) is 0.188. The summed E-state index contributed by atoms with van der Waals surface area (Å²) in [6.45, 7) is 1.55. The zero-order valence-electron chi connectivity index (χ0n) is 32.7. The molecule has 1 aromatic heterocycles. The van der Waals surface area contributed by atoms with Crippen LogP contribution in [0.3, 0.4) is 0 Å². The quantitative estimate of drug-likeness (QED) is 0.0785. The Bertz CT molecular complexity index is 2360. The van der Waals surface area contributed by atoms with Gasteiger partial charge in [-0.3, -0.25) is 0 Å². The molecular weight excluding hydrogens is 767 g/mol. The largest absolute Gasteiger partial charge is 0.497 e. The third kappa shape index (κ3) is 10.0. The fourth-order valence-electron chi connectivity index (χ4n) is 6.62. The normalized spacial score (nSPS) is 18.9. The van der Waals surface area contributed by atoms with E-state index < -0.39 is 60.7 Å². The molecule has 1 saturated heterocycles. The van der Waals surface area contributed by atoms with Gasteiger partial charge in [-0.15, -0.1) is 0 Å². The topological polar surface area (TPSA) is 146 Å². The van der Waals surface area contributed by atoms with E-state index in [1.54, 1.807) is 141 Å². The molecule has 2 heterocycles. The van der Waals surface area contributed by atoms with Gasteiger partial charge in [-0.1, -0.05) is 91.0 Å². The number of methoxy groups -OCH3 is 1. The van der Waals surface area contributed by atoms with Crippen LogP contribution in [0.15, 0.2) is 164 Å². The highest BCUT2D eigenvalue weighted by Crippen LogP contribution is 2.35. The predicted molar refractivity (Wildman–Crippen MR) is 218 cm³/mol. The Balaban J connectivity index is 1.33. The summed E-state index contributed by atoms with van der Waals surface area (Å²) < 4.78 is 43.1. The monoisotopic (exact) mass is 807 g/mol. The van der Waals surface area contributed by atoms with Gasteiger partial charge in [-0.2, -0.15) is 0 Å². The Labute approximate surface area is 346 Å². The van der Waals surface area contributed by atoms with Crippen LogP contribution in [0.4, 0.5) is 0 Å². The van der Waals surface area contributed by atoms with Crippen LogP contribution in [-0.4, -0.2) is 72.8 Å². The van der Waals surface area contributed by atoms with E-state index in [4.69, 9.17) is 33.2 Å². The highest BCUT2D eigenvalue weighted by molar-refractivity contribution is 5.91. The van der Waals surface area contributed by atoms with Crippen LogP contribution in [0.25, 0.3) is 0 Å². The molecule has 60 heavy (non-hydrogen) atoms. The molecule has 0 bridgehead atoms. The number of aromatic nitrogens is 1. The van der Waals surface area contributed by atoms with Gasteiger partial charge in [0.05, 0.1) is 29.4 Å².